The fourth-order valence-electron chi connectivity index (χ4n) is 3.81. The van der Waals surface area contributed by atoms with Crippen LogP contribution < -0.4 is 5.32 Å². The molecule has 0 aromatic carbocycles. The first-order chi connectivity index (χ1) is 13.3. The summed E-state index contributed by atoms with van der Waals surface area (Å²) in [6.07, 6.45) is 4.85. The van der Waals surface area contributed by atoms with Gasteiger partial charge in [0, 0.05) is 53.5 Å². The lowest BCUT2D eigenvalue weighted by Gasteiger charge is -2.43. The zero-order chi connectivity index (χ0) is 20.6. The minimum atomic E-state index is -3.27. The van der Waals surface area contributed by atoms with Gasteiger partial charge in [0.2, 0.25) is 10.0 Å². The molecule has 1 aliphatic heterocycles. The van der Waals surface area contributed by atoms with E-state index in [9.17, 15) is 8.42 Å². The predicted octanol–water partition coefficient (Wildman–Crippen LogP) is 1.76. The van der Waals surface area contributed by atoms with E-state index in [-0.39, 0.29) is 42.4 Å². The van der Waals surface area contributed by atoms with E-state index in [4.69, 9.17) is 9.47 Å². The zero-order valence-electron chi connectivity index (χ0n) is 18.4. The van der Waals surface area contributed by atoms with Crippen molar-refractivity contribution in [1.29, 1.82) is 0 Å². The molecule has 0 aromatic rings. The summed E-state index contributed by atoms with van der Waals surface area (Å²) in [5.41, 5.74) is 0.313. The van der Waals surface area contributed by atoms with Crippen molar-refractivity contribution in [2.24, 2.45) is 10.4 Å². The van der Waals surface area contributed by atoms with Crippen LogP contribution in [-0.2, 0) is 19.5 Å². The van der Waals surface area contributed by atoms with Gasteiger partial charge in [-0.2, -0.15) is 4.31 Å². The highest BCUT2D eigenvalue weighted by atomic mass is 127. The molecule has 0 atom stereocenters. The van der Waals surface area contributed by atoms with Crippen LogP contribution in [0.25, 0.3) is 0 Å². The van der Waals surface area contributed by atoms with E-state index in [1.54, 1.807) is 18.5 Å². The van der Waals surface area contributed by atoms with Gasteiger partial charge in [-0.05, 0) is 38.5 Å². The summed E-state index contributed by atoms with van der Waals surface area (Å²) >= 11 is 0. The van der Waals surface area contributed by atoms with Crippen molar-refractivity contribution in [3.63, 3.8) is 0 Å². The summed E-state index contributed by atoms with van der Waals surface area (Å²) in [6, 6.07) is 0. The van der Waals surface area contributed by atoms with Crippen molar-refractivity contribution >= 4 is 40.0 Å². The number of hydrogen-bond donors (Lipinski definition) is 1. The second kappa shape index (κ2) is 12.6. The van der Waals surface area contributed by atoms with Crippen LogP contribution >= 0.6 is 24.0 Å². The molecular weight excluding hydrogens is 507 g/mol. The quantitative estimate of drug-likeness (QED) is 0.256. The normalized spacial score (nSPS) is 20.3. The highest BCUT2D eigenvalue weighted by Gasteiger charge is 2.37. The van der Waals surface area contributed by atoms with Crippen molar-refractivity contribution in [3.8, 4) is 0 Å². The van der Waals surface area contributed by atoms with Crippen molar-refractivity contribution < 1.29 is 17.9 Å². The summed E-state index contributed by atoms with van der Waals surface area (Å²) < 4.78 is 37.2. The van der Waals surface area contributed by atoms with Gasteiger partial charge >= 0.3 is 0 Å². The molecule has 2 fully saturated rings. The third-order valence-corrected chi connectivity index (χ3v) is 7.64. The predicted molar refractivity (Wildman–Crippen MR) is 128 cm³/mol. The van der Waals surface area contributed by atoms with E-state index in [0.717, 1.165) is 25.5 Å². The summed E-state index contributed by atoms with van der Waals surface area (Å²) in [5, 5.41) is 3.52. The van der Waals surface area contributed by atoms with Crippen molar-refractivity contribution in [2.45, 2.75) is 45.6 Å². The van der Waals surface area contributed by atoms with Gasteiger partial charge in [0.05, 0.1) is 18.5 Å². The van der Waals surface area contributed by atoms with E-state index in [1.165, 1.54) is 19.3 Å². The van der Waals surface area contributed by atoms with Gasteiger partial charge < -0.3 is 19.7 Å². The average molecular weight is 547 g/mol. The first-order valence-corrected chi connectivity index (χ1v) is 12.0. The first kappa shape index (κ1) is 26.9. The fraction of sp³-hybridized carbons (Fsp3) is 0.947. The summed E-state index contributed by atoms with van der Waals surface area (Å²) in [4.78, 5) is 6.57. The number of nitrogens with one attached hydrogen (secondary N) is 1. The second-order valence-corrected chi connectivity index (χ2v) is 10.2. The fourth-order valence-corrected chi connectivity index (χ4v) is 5.09. The molecule has 1 aliphatic carbocycles. The number of hydrogen-bond acceptors (Lipinski definition) is 5. The number of piperazine rings is 1. The van der Waals surface area contributed by atoms with E-state index in [0.29, 0.717) is 31.6 Å². The van der Waals surface area contributed by atoms with E-state index in [2.05, 4.69) is 15.2 Å². The van der Waals surface area contributed by atoms with Crippen molar-refractivity contribution in [1.82, 2.24) is 14.5 Å². The highest BCUT2D eigenvalue weighted by Crippen LogP contribution is 2.43. The molecule has 0 amide bonds. The van der Waals surface area contributed by atoms with Gasteiger partial charge in [-0.3, -0.25) is 4.99 Å². The van der Waals surface area contributed by atoms with Crippen LogP contribution in [0.15, 0.2) is 4.99 Å². The molecule has 0 aromatic heterocycles. The van der Waals surface area contributed by atoms with Gasteiger partial charge in [0.25, 0.3) is 0 Å². The molecule has 172 valence electrons. The first-order valence-electron chi connectivity index (χ1n) is 10.4. The Morgan fingerprint density at radius 2 is 1.83 bits per heavy atom. The molecule has 0 bridgehead atoms. The second-order valence-electron chi connectivity index (χ2n) is 8.12. The molecule has 0 radical (unpaired) electrons. The number of sulfonamides is 1. The van der Waals surface area contributed by atoms with Crippen LogP contribution in [-0.4, -0.2) is 95.5 Å². The minimum Gasteiger partial charge on any atom is -0.385 e. The van der Waals surface area contributed by atoms with Crippen molar-refractivity contribution in [2.75, 3.05) is 65.8 Å². The number of halogens is 1. The Hall–Kier alpha value is -0.170. The highest BCUT2D eigenvalue weighted by molar-refractivity contribution is 14.0. The minimum absolute atomic E-state index is 0. The van der Waals surface area contributed by atoms with Gasteiger partial charge in [0.15, 0.2) is 5.96 Å². The van der Waals surface area contributed by atoms with Crippen molar-refractivity contribution in [3.05, 3.63) is 0 Å². The molecule has 1 saturated heterocycles. The van der Waals surface area contributed by atoms with Crippen LogP contribution in [0.5, 0.6) is 0 Å². The summed E-state index contributed by atoms with van der Waals surface area (Å²) in [7, 11) is 0.272. The third kappa shape index (κ3) is 8.12. The smallest absolute Gasteiger partial charge is 0.216 e. The number of rotatable bonds is 10. The maximum absolute atomic E-state index is 12.5. The molecule has 2 rings (SSSR count). The van der Waals surface area contributed by atoms with E-state index in [1.807, 2.05) is 13.8 Å². The third-order valence-electron chi connectivity index (χ3n) is 5.81. The number of aliphatic imine (C=N–C) groups is 1. The monoisotopic (exact) mass is 546 g/mol. The molecule has 0 unspecified atom stereocenters. The molecule has 2 aliphatic rings. The average Bonchev–Trinajstić information content (AvgIpc) is 2.63. The van der Waals surface area contributed by atoms with Gasteiger partial charge in [-0.15, -0.1) is 24.0 Å². The van der Waals surface area contributed by atoms with Crippen LogP contribution in [0.2, 0.25) is 0 Å². The summed E-state index contributed by atoms with van der Waals surface area (Å²) in [6.45, 7) is 8.02. The SMILES string of the molecule is CN=C(NCC1(CCOC)CCC1)N1CCN(S(=O)(=O)CCOC(C)C)CC1.I. The van der Waals surface area contributed by atoms with Crippen LogP contribution in [0, 0.1) is 5.41 Å². The molecule has 1 heterocycles. The van der Waals surface area contributed by atoms with Gasteiger partial charge in [-0.25, -0.2) is 8.42 Å². The molecule has 10 heteroatoms. The van der Waals surface area contributed by atoms with E-state index >= 15 is 0 Å². The lowest BCUT2D eigenvalue weighted by Crippen LogP contribution is -2.55. The van der Waals surface area contributed by atoms with E-state index < -0.39 is 10.0 Å². The molecular formula is C19H39IN4O4S. The Morgan fingerprint density at radius 1 is 1.17 bits per heavy atom. The molecule has 8 nitrogen and oxygen atoms in total. The Labute approximate surface area is 193 Å². The zero-order valence-corrected chi connectivity index (χ0v) is 21.5. The van der Waals surface area contributed by atoms with Gasteiger partial charge in [0.1, 0.15) is 0 Å². The molecule has 1 N–H and O–H groups in total. The van der Waals surface area contributed by atoms with Crippen LogP contribution in [0.4, 0.5) is 0 Å². The number of methoxy groups -OCH3 is 1. The van der Waals surface area contributed by atoms with Crippen LogP contribution in [0.3, 0.4) is 0 Å². The maximum Gasteiger partial charge on any atom is 0.216 e. The maximum atomic E-state index is 12.5. The summed E-state index contributed by atoms with van der Waals surface area (Å²) in [5.74, 6) is 0.907. The van der Waals surface area contributed by atoms with Gasteiger partial charge in [-0.1, -0.05) is 6.42 Å². The number of guanidine groups is 1. The largest absolute Gasteiger partial charge is 0.385 e. The Morgan fingerprint density at radius 3 is 2.31 bits per heavy atom. The van der Waals surface area contributed by atoms with Crippen LogP contribution in [0.1, 0.15) is 39.5 Å². The molecule has 29 heavy (non-hydrogen) atoms. The topological polar surface area (TPSA) is 83.5 Å². The lowest BCUT2D eigenvalue weighted by atomic mass is 9.67. The number of nitrogens with zero attached hydrogens (tertiary/aromatic N) is 3. The lowest BCUT2D eigenvalue weighted by molar-refractivity contribution is 0.0724. The standard InChI is InChI=1S/C19H38N4O4S.HI/c1-17(2)27-14-15-28(24,25)23-11-9-22(10-12-23)18(20-3)21-16-19(6-5-7-19)8-13-26-4;/h17H,5-16H2,1-4H3,(H,20,21);1H. The number of ether oxygens (including phenoxy) is 2. The Bertz CT molecular complexity index is 603. The Kier molecular flexibility index (Phi) is 11.7. The Balaban J connectivity index is 0.00000420. The molecule has 0 spiro atoms. The molecule has 1 saturated carbocycles.